The number of thiophene rings is 2. The van der Waals surface area contributed by atoms with Crippen LogP contribution in [-0.2, 0) is 17.5 Å². The third-order valence-electron chi connectivity index (χ3n) is 7.04. The van der Waals surface area contributed by atoms with E-state index in [1.165, 1.54) is 33.0 Å². The van der Waals surface area contributed by atoms with E-state index >= 15 is 0 Å². The summed E-state index contributed by atoms with van der Waals surface area (Å²) in [5, 5.41) is 21.3. The molecule has 230 valence electrons. The summed E-state index contributed by atoms with van der Waals surface area (Å²) in [5.74, 6) is -0.514. The summed E-state index contributed by atoms with van der Waals surface area (Å²) in [6.45, 7) is 1.90. The molecule has 0 bridgehead atoms. The molecule has 0 saturated heterocycles. The van der Waals surface area contributed by atoms with Gasteiger partial charge in [0.25, 0.3) is 11.8 Å². The molecule has 4 heterocycles. The Bertz CT molecular complexity index is 1830. The Hall–Kier alpha value is -4.27. The molecule has 2 amide bonds. The van der Waals surface area contributed by atoms with Crippen molar-refractivity contribution in [3.8, 4) is 5.69 Å². The summed E-state index contributed by atoms with van der Waals surface area (Å²) in [7, 11) is 0. The molecule has 3 aromatic heterocycles. The zero-order chi connectivity index (χ0) is 31.6. The van der Waals surface area contributed by atoms with Crippen LogP contribution >= 0.6 is 34.4 Å². The Balaban J connectivity index is 1.27. The standard InChI is InChI=1S/C31H25F3N6O2S3/c1-19-9-11-20(12-10-19)24-16-23(25-7-3-13-43-25)38-40(24)28(41)18-45-30-37-36-27(17-35-29(42)26-8-4-14-44-26)39(30)22-6-2-5-21(15-22)31(32,33)34/h2-15,24H,16-18H2,1H3,(H,35,42). The maximum Gasteiger partial charge on any atom is 0.416 e. The number of hydrogen-bond donors (Lipinski definition) is 1. The van der Waals surface area contributed by atoms with Crippen LogP contribution in [0.25, 0.3) is 5.69 Å². The summed E-state index contributed by atoms with van der Waals surface area (Å²) < 4.78 is 42.3. The van der Waals surface area contributed by atoms with Crippen LogP contribution < -0.4 is 5.32 Å². The first-order valence-corrected chi connectivity index (χ1v) is 16.5. The molecule has 1 aliphatic heterocycles. The first kappa shape index (κ1) is 30.7. The largest absolute Gasteiger partial charge is 0.416 e. The van der Waals surface area contributed by atoms with E-state index in [1.807, 2.05) is 48.7 Å². The molecule has 8 nitrogen and oxygen atoms in total. The number of carbonyl (C=O) groups is 2. The third kappa shape index (κ3) is 6.87. The lowest BCUT2D eigenvalue weighted by Gasteiger charge is -2.22. The number of carbonyl (C=O) groups excluding carboxylic acids is 2. The molecule has 0 saturated carbocycles. The van der Waals surface area contributed by atoms with E-state index in [4.69, 9.17) is 5.10 Å². The van der Waals surface area contributed by atoms with E-state index in [9.17, 15) is 22.8 Å². The summed E-state index contributed by atoms with van der Waals surface area (Å²) >= 11 is 3.85. The molecule has 2 aromatic carbocycles. The highest BCUT2D eigenvalue weighted by Crippen LogP contribution is 2.36. The van der Waals surface area contributed by atoms with E-state index in [1.54, 1.807) is 28.8 Å². The second kappa shape index (κ2) is 13.0. The number of thioether (sulfide) groups is 1. The molecule has 1 atom stereocenters. The highest BCUT2D eigenvalue weighted by atomic mass is 32.2. The Morgan fingerprint density at radius 2 is 1.78 bits per heavy atom. The van der Waals surface area contributed by atoms with Crippen molar-refractivity contribution in [2.75, 3.05) is 5.75 Å². The fourth-order valence-corrected chi connectivity index (χ4v) is 7.00. The average molecular weight is 667 g/mol. The van der Waals surface area contributed by atoms with Gasteiger partial charge in [-0.2, -0.15) is 18.3 Å². The molecule has 0 radical (unpaired) electrons. The summed E-state index contributed by atoms with van der Waals surface area (Å²) in [4.78, 5) is 27.8. The van der Waals surface area contributed by atoms with Crippen LogP contribution in [-0.4, -0.2) is 43.1 Å². The highest BCUT2D eigenvalue weighted by molar-refractivity contribution is 7.99. The lowest BCUT2D eigenvalue weighted by Crippen LogP contribution is -2.28. The van der Waals surface area contributed by atoms with Crippen LogP contribution in [0.2, 0.25) is 0 Å². The summed E-state index contributed by atoms with van der Waals surface area (Å²) in [5.41, 5.74) is 2.17. The quantitative estimate of drug-likeness (QED) is 0.169. The lowest BCUT2D eigenvalue weighted by molar-refractivity contribution is -0.137. The molecule has 1 aliphatic rings. The maximum absolute atomic E-state index is 13.7. The Kier molecular flexibility index (Phi) is 8.88. The van der Waals surface area contributed by atoms with Crippen molar-refractivity contribution in [3.63, 3.8) is 0 Å². The second-order valence-corrected chi connectivity index (χ2v) is 13.0. The minimum Gasteiger partial charge on any atom is -0.344 e. The minimum atomic E-state index is -4.57. The molecule has 6 rings (SSSR count). The fraction of sp³-hybridized carbons (Fsp3) is 0.194. The Morgan fingerprint density at radius 1 is 1.00 bits per heavy atom. The van der Waals surface area contributed by atoms with Crippen LogP contribution in [0.1, 0.15) is 49.5 Å². The van der Waals surface area contributed by atoms with Crippen molar-refractivity contribution < 1.29 is 22.8 Å². The first-order valence-electron chi connectivity index (χ1n) is 13.7. The van der Waals surface area contributed by atoms with Gasteiger partial charge in [0.2, 0.25) is 0 Å². The zero-order valence-electron chi connectivity index (χ0n) is 23.7. The summed E-state index contributed by atoms with van der Waals surface area (Å²) in [6, 6.07) is 19.7. The molecule has 14 heteroatoms. The monoisotopic (exact) mass is 666 g/mol. The van der Waals surface area contributed by atoms with Gasteiger partial charge in [-0.05, 0) is 53.6 Å². The molecule has 0 spiro atoms. The molecule has 45 heavy (non-hydrogen) atoms. The molecule has 1 N–H and O–H groups in total. The number of alkyl halides is 3. The SMILES string of the molecule is Cc1ccc(C2CC(c3cccs3)=NN2C(=O)CSc2nnc(CNC(=O)c3cccs3)n2-c2cccc(C(F)(F)F)c2)cc1. The van der Waals surface area contributed by atoms with E-state index < -0.39 is 11.7 Å². The van der Waals surface area contributed by atoms with Gasteiger partial charge in [-0.3, -0.25) is 14.2 Å². The van der Waals surface area contributed by atoms with Crippen molar-refractivity contribution in [3.05, 3.63) is 116 Å². The van der Waals surface area contributed by atoms with Gasteiger partial charge in [0, 0.05) is 6.42 Å². The van der Waals surface area contributed by atoms with Crippen LogP contribution in [0.15, 0.2) is 93.8 Å². The number of hydrazone groups is 1. The molecular formula is C31H25F3N6O2S3. The number of nitrogens with zero attached hydrogens (tertiary/aromatic N) is 5. The normalized spacial score (nSPS) is 14.9. The smallest absolute Gasteiger partial charge is 0.344 e. The average Bonchev–Trinajstić information content (AvgIpc) is 3.85. The highest BCUT2D eigenvalue weighted by Gasteiger charge is 2.34. The predicted molar refractivity (Wildman–Crippen MR) is 169 cm³/mol. The number of aromatic nitrogens is 3. The zero-order valence-corrected chi connectivity index (χ0v) is 26.1. The van der Waals surface area contributed by atoms with Gasteiger partial charge in [-0.15, -0.1) is 32.9 Å². The number of nitrogens with one attached hydrogen (secondary N) is 1. The number of halogens is 3. The van der Waals surface area contributed by atoms with Crippen LogP contribution in [0.4, 0.5) is 13.2 Å². The van der Waals surface area contributed by atoms with Crippen molar-refractivity contribution >= 4 is 52.0 Å². The van der Waals surface area contributed by atoms with Crippen LogP contribution in [0.3, 0.4) is 0 Å². The molecule has 5 aromatic rings. The van der Waals surface area contributed by atoms with Gasteiger partial charge >= 0.3 is 6.18 Å². The number of amides is 2. The van der Waals surface area contributed by atoms with E-state index in [2.05, 4.69) is 15.5 Å². The molecule has 0 fully saturated rings. The number of benzene rings is 2. The van der Waals surface area contributed by atoms with Gasteiger partial charge in [0.1, 0.15) is 0 Å². The third-order valence-corrected chi connectivity index (χ3v) is 9.74. The van der Waals surface area contributed by atoms with Crippen molar-refractivity contribution in [2.45, 2.75) is 37.3 Å². The molecule has 1 unspecified atom stereocenters. The van der Waals surface area contributed by atoms with Crippen LogP contribution in [0, 0.1) is 6.92 Å². The van der Waals surface area contributed by atoms with Crippen molar-refractivity contribution in [1.29, 1.82) is 0 Å². The maximum atomic E-state index is 13.7. The number of rotatable bonds is 9. The van der Waals surface area contributed by atoms with E-state index in [0.717, 1.165) is 45.6 Å². The Morgan fingerprint density at radius 3 is 2.49 bits per heavy atom. The summed E-state index contributed by atoms with van der Waals surface area (Å²) in [6.07, 6.45) is -4.02. The van der Waals surface area contributed by atoms with Gasteiger partial charge in [-0.25, -0.2) is 5.01 Å². The number of aryl methyl sites for hydroxylation is 1. The molecule has 0 aliphatic carbocycles. The van der Waals surface area contributed by atoms with Gasteiger partial charge in [0.15, 0.2) is 11.0 Å². The van der Waals surface area contributed by atoms with Gasteiger partial charge in [-0.1, -0.05) is 59.8 Å². The van der Waals surface area contributed by atoms with Gasteiger partial charge < -0.3 is 5.32 Å². The second-order valence-electron chi connectivity index (χ2n) is 10.1. The molecular weight excluding hydrogens is 642 g/mol. The first-order chi connectivity index (χ1) is 21.7. The van der Waals surface area contributed by atoms with E-state index in [0.29, 0.717) is 11.3 Å². The predicted octanol–water partition coefficient (Wildman–Crippen LogP) is 7.12. The lowest BCUT2D eigenvalue weighted by atomic mass is 10.00. The van der Waals surface area contributed by atoms with Crippen molar-refractivity contribution in [1.82, 2.24) is 25.1 Å². The van der Waals surface area contributed by atoms with Crippen LogP contribution in [0.5, 0.6) is 0 Å². The van der Waals surface area contributed by atoms with E-state index in [-0.39, 0.29) is 46.8 Å². The number of hydrogen-bond acceptors (Lipinski definition) is 8. The minimum absolute atomic E-state index is 0.0927. The van der Waals surface area contributed by atoms with Crippen molar-refractivity contribution in [2.24, 2.45) is 5.10 Å². The van der Waals surface area contributed by atoms with Gasteiger partial charge in [0.05, 0.1) is 45.1 Å². The topological polar surface area (TPSA) is 92.5 Å². The Labute approximate surface area is 268 Å². The fourth-order valence-electron chi connectivity index (χ4n) is 4.82.